The van der Waals surface area contributed by atoms with Crippen LogP contribution in [-0.4, -0.2) is 29.9 Å². The van der Waals surface area contributed by atoms with Gasteiger partial charge >= 0.3 is 6.03 Å². The zero-order chi connectivity index (χ0) is 19.2. The van der Waals surface area contributed by atoms with Crippen LogP contribution in [0.5, 0.6) is 0 Å². The van der Waals surface area contributed by atoms with Crippen LogP contribution in [0.3, 0.4) is 0 Å². The molecular formula is C21H24BrN3O2. The van der Waals surface area contributed by atoms with Gasteiger partial charge in [-0.1, -0.05) is 52.3 Å². The van der Waals surface area contributed by atoms with Crippen LogP contribution in [0.4, 0.5) is 10.5 Å². The van der Waals surface area contributed by atoms with Gasteiger partial charge in [0.05, 0.1) is 6.04 Å². The minimum absolute atomic E-state index is 0.0568. The number of nitrogens with zero attached hydrogens (tertiary/aromatic N) is 1. The number of para-hydroxylation sites is 1. The van der Waals surface area contributed by atoms with Gasteiger partial charge in [0.1, 0.15) is 0 Å². The summed E-state index contributed by atoms with van der Waals surface area (Å²) in [6, 6.07) is 17.1. The van der Waals surface area contributed by atoms with E-state index in [1.807, 2.05) is 61.5 Å². The van der Waals surface area contributed by atoms with Crippen LogP contribution in [0.1, 0.15) is 31.4 Å². The molecule has 1 atom stereocenters. The molecule has 1 fully saturated rings. The van der Waals surface area contributed by atoms with E-state index in [9.17, 15) is 9.59 Å². The van der Waals surface area contributed by atoms with Crippen molar-refractivity contribution in [1.29, 1.82) is 0 Å². The fourth-order valence-corrected chi connectivity index (χ4v) is 3.93. The molecule has 1 heterocycles. The van der Waals surface area contributed by atoms with Gasteiger partial charge < -0.3 is 15.5 Å². The van der Waals surface area contributed by atoms with E-state index in [2.05, 4.69) is 26.6 Å². The quantitative estimate of drug-likeness (QED) is 0.747. The maximum atomic E-state index is 12.6. The van der Waals surface area contributed by atoms with Crippen molar-refractivity contribution in [1.82, 2.24) is 10.2 Å². The standard InChI is InChI=1S/C21H24BrN3O2/c1-15(18-9-5-6-10-19(18)22)23-20(26)16-11-13-25(14-12-16)21(27)24-17-7-3-2-4-8-17/h2-10,15-16H,11-14H2,1H3,(H,23,26)(H,24,27)/t15-/m0/s1. The number of piperidine rings is 1. The summed E-state index contributed by atoms with van der Waals surface area (Å²) < 4.78 is 0.991. The first-order chi connectivity index (χ1) is 13.0. The predicted octanol–water partition coefficient (Wildman–Crippen LogP) is 4.57. The third-order valence-corrected chi connectivity index (χ3v) is 5.63. The van der Waals surface area contributed by atoms with Crippen molar-refractivity contribution in [3.63, 3.8) is 0 Å². The summed E-state index contributed by atoms with van der Waals surface area (Å²) in [6.07, 6.45) is 1.35. The van der Waals surface area contributed by atoms with Crippen molar-refractivity contribution in [2.45, 2.75) is 25.8 Å². The maximum absolute atomic E-state index is 12.6. The zero-order valence-electron chi connectivity index (χ0n) is 15.3. The molecule has 3 rings (SSSR count). The van der Waals surface area contributed by atoms with Crippen LogP contribution >= 0.6 is 15.9 Å². The monoisotopic (exact) mass is 429 g/mol. The largest absolute Gasteiger partial charge is 0.349 e. The Balaban J connectivity index is 1.49. The Morgan fingerprint density at radius 2 is 1.67 bits per heavy atom. The number of halogens is 1. The second-order valence-electron chi connectivity index (χ2n) is 6.81. The Morgan fingerprint density at radius 3 is 2.33 bits per heavy atom. The van der Waals surface area contributed by atoms with Crippen molar-refractivity contribution < 1.29 is 9.59 Å². The van der Waals surface area contributed by atoms with E-state index in [-0.39, 0.29) is 23.9 Å². The van der Waals surface area contributed by atoms with E-state index in [0.29, 0.717) is 25.9 Å². The molecule has 2 aromatic rings. The Morgan fingerprint density at radius 1 is 1.04 bits per heavy atom. The molecule has 142 valence electrons. The summed E-state index contributed by atoms with van der Waals surface area (Å²) in [5.41, 5.74) is 1.84. The number of rotatable bonds is 4. The van der Waals surface area contributed by atoms with Gasteiger partial charge in [-0.15, -0.1) is 0 Å². The Labute approximate surface area is 168 Å². The van der Waals surface area contributed by atoms with E-state index in [0.717, 1.165) is 15.7 Å². The number of anilines is 1. The molecular weight excluding hydrogens is 406 g/mol. The molecule has 0 spiro atoms. The number of hydrogen-bond donors (Lipinski definition) is 2. The lowest BCUT2D eigenvalue weighted by Crippen LogP contribution is -2.44. The number of urea groups is 1. The minimum Gasteiger partial charge on any atom is -0.349 e. The first-order valence-electron chi connectivity index (χ1n) is 9.20. The van der Waals surface area contributed by atoms with Gasteiger partial charge in [0, 0.05) is 29.2 Å². The highest BCUT2D eigenvalue weighted by molar-refractivity contribution is 9.10. The molecule has 3 amide bonds. The van der Waals surface area contributed by atoms with E-state index >= 15 is 0 Å². The maximum Gasteiger partial charge on any atom is 0.321 e. The first-order valence-corrected chi connectivity index (χ1v) is 9.99. The van der Waals surface area contributed by atoms with E-state index in [1.54, 1.807) is 4.90 Å². The minimum atomic E-state index is -0.110. The molecule has 1 aliphatic rings. The average molecular weight is 430 g/mol. The van der Waals surface area contributed by atoms with Crippen LogP contribution in [0, 0.1) is 5.92 Å². The first kappa shape index (κ1) is 19.4. The summed E-state index contributed by atoms with van der Waals surface area (Å²) in [6.45, 7) is 3.15. The molecule has 1 aliphatic heterocycles. The van der Waals surface area contributed by atoms with Crippen molar-refractivity contribution >= 4 is 33.6 Å². The van der Waals surface area contributed by atoms with Gasteiger partial charge in [0.2, 0.25) is 5.91 Å². The van der Waals surface area contributed by atoms with Gasteiger partial charge in [-0.25, -0.2) is 4.79 Å². The lowest BCUT2D eigenvalue weighted by Gasteiger charge is -2.32. The van der Waals surface area contributed by atoms with Gasteiger partial charge in [0.15, 0.2) is 0 Å². The van der Waals surface area contributed by atoms with Crippen LogP contribution in [-0.2, 0) is 4.79 Å². The van der Waals surface area contributed by atoms with Crippen molar-refractivity contribution in [2.75, 3.05) is 18.4 Å². The lowest BCUT2D eigenvalue weighted by atomic mass is 9.95. The van der Waals surface area contributed by atoms with Gasteiger partial charge in [-0.2, -0.15) is 0 Å². The summed E-state index contributed by atoms with van der Waals surface area (Å²) in [7, 11) is 0. The fourth-order valence-electron chi connectivity index (χ4n) is 3.30. The average Bonchev–Trinajstić information content (AvgIpc) is 2.69. The summed E-state index contributed by atoms with van der Waals surface area (Å²) in [5.74, 6) is -0.00270. The Hall–Kier alpha value is -2.34. The molecule has 5 nitrogen and oxygen atoms in total. The topological polar surface area (TPSA) is 61.4 Å². The smallest absolute Gasteiger partial charge is 0.321 e. The third-order valence-electron chi connectivity index (χ3n) is 4.91. The number of benzene rings is 2. The van der Waals surface area contributed by atoms with Gasteiger partial charge in [-0.05, 0) is 43.5 Å². The summed E-state index contributed by atoms with van der Waals surface area (Å²) in [4.78, 5) is 26.7. The van der Waals surface area contributed by atoms with Crippen molar-refractivity contribution in [3.05, 3.63) is 64.6 Å². The number of carbonyl (C=O) groups is 2. The third kappa shape index (κ3) is 5.10. The number of carbonyl (C=O) groups excluding carboxylic acids is 2. The molecule has 0 unspecified atom stereocenters. The normalized spacial score (nSPS) is 15.9. The fraction of sp³-hybridized carbons (Fsp3) is 0.333. The van der Waals surface area contributed by atoms with Crippen molar-refractivity contribution in [2.24, 2.45) is 5.92 Å². The summed E-state index contributed by atoms with van der Waals surface area (Å²) >= 11 is 3.53. The molecule has 0 bridgehead atoms. The number of hydrogen-bond acceptors (Lipinski definition) is 2. The molecule has 0 saturated carbocycles. The molecule has 0 aliphatic carbocycles. The molecule has 27 heavy (non-hydrogen) atoms. The molecule has 6 heteroatoms. The predicted molar refractivity (Wildman–Crippen MR) is 110 cm³/mol. The van der Waals surface area contributed by atoms with Crippen LogP contribution in [0.2, 0.25) is 0 Å². The molecule has 2 N–H and O–H groups in total. The molecule has 2 aromatic carbocycles. The van der Waals surface area contributed by atoms with Gasteiger partial charge in [-0.3, -0.25) is 4.79 Å². The highest BCUT2D eigenvalue weighted by atomic mass is 79.9. The second-order valence-corrected chi connectivity index (χ2v) is 7.66. The van der Waals surface area contributed by atoms with E-state index in [1.165, 1.54) is 0 Å². The van der Waals surface area contributed by atoms with Crippen molar-refractivity contribution in [3.8, 4) is 0 Å². The highest BCUT2D eigenvalue weighted by Crippen LogP contribution is 2.24. The second kappa shape index (κ2) is 9.04. The lowest BCUT2D eigenvalue weighted by molar-refractivity contribution is -0.126. The SMILES string of the molecule is C[C@H](NC(=O)C1CCN(C(=O)Nc2ccccc2)CC1)c1ccccc1Br. The molecule has 0 radical (unpaired) electrons. The Kier molecular flexibility index (Phi) is 6.50. The van der Waals surface area contributed by atoms with E-state index in [4.69, 9.17) is 0 Å². The Bertz CT molecular complexity index is 789. The zero-order valence-corrected chi connectivity index (χ0v) is 16.9. The van der Waals surface area contributed by atoms with Crippen LogP contribution in [0.25, 0.3) is 0 Å². The van der Waals surface area contributed by atoms with Crippen LogP contribution < -0.4 is 10.6 Å². The van der Waals surface area contributed by atoms with Crippen LogP contribution in [0.15, 0.2) is 59.1 Å². The number of amides is 3. The van der Waals surface area contributed by atoms with Gasteiger partial charge in [0.25, 0.3) is 0 Å². The molecule has 0 aromatic heterocycles. The highest BCUT2D eigenvalue weighted by Gasteiger charge is 2.28. The summed E-state index contributed by atoms with van der Waals surface area (Å²) in [5, 5.41) is 6.00. The number of nitrogens with one attached hydrogen (secondary N) is 2. The number of likely N-dealkylation sites (tertiary alicyclic amines) is 1. The molecule has 1 saturated heterocycles. The van der Waals surface area contributed by atoms with E-state index < -0.39 is 0 Å².